The van der Waals surface area contributed by atoms with Crippen LogP contribution in [0.5, 0.6) is 0 Å². The fraction of sp³-hybridized carbons (Fsp3) is 0.250. The topological polar surface area (TPSA) is 46.5 Å². The number of aliphatic hydroxyl groups is 1. The zero-order valence-electron chi connectivity index (χ0n) is 13.1. The van der Waals surface area contributed by atoms with E-state index in [9.17, 15) is 9.90 Å². The SMILES string of the molecule is CC(=O)O[C@@H]1CC[C@H](O)C1=C(c1ccccc1)c1ccccc1. The molecule has 0 radical (unpaired) electrons. The first-order chi connectivity index (χ1) is 11.2. The Labute approximate surface area is 136 Å². The minimum Gasteiger partial charge on any atom is -0.458 e. The maximum Gasteiger partial charge on any atom is 0.303 e. The van der Waals surface area contributed by atoms with Crippen molar-refractivity contribution in [3.63, 3.8) is 0 Å². The normalized spacial score (nSPS) is 20.3. The summed E-state index contributed by atoms with van der Waals surface area (Å²) < 4.78 is 5.46. The van der Waals surface area contributed by atoms with Crippen molar-refractivity contribution >= 4 is 11.5 Å². The van der Waals surface area contributed by atoms with Crippen LogP contribution in [0.2, 0.25) is 0 Å². The molecule has 0 unspecified atom stereocenters. The highest BCUT2D eigenvalue weighted by Gasteiger charge is 2.34. The van der Waals surface area contributed by atoms with E-state index in [-0.39, 0.29) is 12.1 Å². The average molecular weight is 308 g/mol. The number of aliphatic hydroxyl groups excluding tert-OH is 1. The third-order valence-electron chi connectivity index (χ3n) is 4.13. The third-order valence-corrected chi connectivity index (χ3v) is 4.13. The van der Waals surface area contributed by atoms with Gasteiger partial charge in [0.2, 0.25) is 0 Å². The van der Waals surface area contributed by atoms with E-state index in [0.29, 0.717) is 12.8 Å². The summed E-state index contributed by atoms with van der Waals surface area (Å²) in [7, 11) is 0. The molecule has 3 nitrogen and oxygen atoms in total. The number of rotatable bonds is 3. The lowest BCUT2D eigenvalue weighted by Crippen LogP contribution is -2.19. The predicted octanol–water partition coefficient (Wildman–Crippen LogP) is 3.57. The van der Waals surface area contributed by atoms with E-state index >= 15 is 0 Å². The van der Waals surface area contributed by atoms with Gasteiger partial charge >= 0.3 is 5.97 Å². The van der Waals surface area contributed by atoms with Crippen LogP contribution in [-0.2, 0) is 9.53 Å². The summed E-state index contributed by atoms with van der Waals surface area (Å²) in [4.78, 5) is 11.4. The molecule has 118 valence electrons. The first-order valence-corrected chi connectivity index (χ1v) is 7.87. The van der Waals surface area contributed by atoms with Crippen LogP contribution in [0.15, 0.2) is 66.2 Å². The van der Waals surface area contributed by atoms with E-state index in [0.717, 1.165) is 22.3 Å². The van der Waals surface area contributed by atoms with Crippen molar-refractivity contribution in [1.29, 1.82) is 0 Å². The van der Waals surface area contributed by atoms with E-state index in [1.807, 2.05) is 60.7 Å². The lowest BCUT2D eigenvalue weighted by Gasteiger charge is -2.20. The number of ether oxygens (including phenoxy) is 1. The fourth-order valence-electron chi connectivity index (χ4n) is 3.19. The first-order valence-electron chi connectivity index (χ1n) is 7.87. The first kappa shape index (κ1) is 15.5. The Morgan fingerprint density at radius 3 is 1.96 bits per heavy atom. The highest BCUT2D eigenvalue weighted by Crippen LogP contribution is 2.37. The van der Waals surface area contributed by atoms with E-state index < -0.39 is 6.10 Å². The Morgan fingerprint density at radius 2 is 1.48 bits per heavy atom. The summed E-state index contributed by atoms with van der Waals surface area (Å²) in [6.07, 6.45) is 0.308. The molecule has 23 heavy (non-hydrogen) atoms. The van der Waals surface area contributed by atoms with Crippen molar-refractivity contribution in [1.82, 2.24) is 0 Å². The van der Waals surface area contributed by atoms with Gasteiger partial charge in [-0.3, -0.25) is 4.79 Å². The molecule has 0 saturated heterocycles. The van der Waals surface area contributed by atoms with Crippen LogP contribution >= 0.6 is 0 Å². The smallest absolute Gasteiger partial charge is 0.303 e. The molecule has 3 heteroatoms. The Hall–Kier alpha value is -2.39. The van der Waals surface area contributed by atoms with Gasteiger partial charge < -0.3 is 9.84 Å². The molecule has 2 aromatic carbocycles. The van der Waals surface area contributed by atoms with Gasteiger partial charge in [-0.05, 0) is 29.5 Å². The molecule has 1 N–H and O–H groups in total. The highest BCUT2D eigenvalue weighted by atomic mass is 16.5. The van der Waals surface area contributed by atoms with E-state index in [4.69, 9.17) is 4.74 Å². The second-order valence-electron chi connectivity index (χ2n) is 5.75. The van der Waals surface area contributed by atoms with Crippen LogP contribution in [0, 0.1) is 0 Å². The van der Waals surface area contributed by atoms with Crippen LogP contribution in [-0.4, -0.2) is 23.3 Å². The number of esters is 1. The maximum atomic E-state index is 11.4. The van der Waals surface area contributed by atoms with Crippen molar-refractivity contribution in [2.24, 2.45) is 0 Å². The van der Waals surface area contributed by atoms with E-state index in [1.165, 1.54) is 6.92 Å². The minimum atomic E-state index is -0.588. The van der Waals surface area contributed by atoms with Crippen LogP contribution in [0.3, 0.4) is 0 Å². The van der Waals surface area contributed by atoms with Crippen LogP contribution in [0.25, 0.3) is 5.57 Å². The number of carbonyl (C=O) groups excluding carboxylic acids is 1. The quantitative estimate of drug-likeness (QED) is 0.882. The van der Waals surface area contributed by atoms with Crippen molar-refractivity contribution in [3.8, 4) is 0 Å². The largest absolute Gasteiger partial charge is 0.458 e. The summed E-state index contributed by atoms with van der Waals surface area (Å²) in [5.74, 6) is -0.318. The van der Waals surface area contributed by atoms with Crippen molar-refractivity contribution in [3.05, 3.63) is 77.4 Å². The predicted molar refractivity (Wildman–Crippen MR) is 89.7 cm³/mol. The molecule has 0 amide bonds. The molecule has 1 fully saturated rings. The second kappa shape index (κ2) is 6.80. The molecular formula is C20H20O3. The number of hydrogen-bond donors (Lipinski definition) is 1. The van der Waals surface area contributed by atoms with Crippen molar-refractivity contribution in [2.75, 3.05) is 0 Å². The Bertz CT molecular complexity index is 663. The van der Waals surface area contributed by atoms with Crippen LogP contribution in [0.4, 0.5) is 0 Å². The number of benzene rings is 2. The van der Waals surface area contributed by atoms with Crippen LogP contribution < -0.4 is 0 Å². The molecule has 2 aromatic rings. The van der Waals surface area contributed by atoms with Gasteiger partial charge in [-0.2, -0.15) is 0 Å². The average Bonchev–Trinajstić information content (AvgIpc) is 2.90. The molecule has 0 bridgehead atoms. The van der Waals surface area contributed by atoms with Gasteiger partial charge in [-0.1, -0.05) is 60.7 Å². The standard InChI is InChI=1S/C20H20O3/c1-14(21)23-18-13-12-17(22)20(18)19(15-8-4-2-5-9-15)16-10-6-3-7-11-16/h2-11,17-18,22H,12-13H2,1H3/t17-,18+/m0/s1. The molecule has 0 spiro atoms. The summed E-state index contributed by atoms with van der Waals surface area (Å²) in [6.45, 7) is 1.41. The van der Waals surface area contributed by atoms with E-state index in [2.05, 4.69) is 0 Å². The Morgan fingerprint density at radius 1 is 0.957 bits per heavy atom. The van der Waals surface area contributed by atoms with Crippen LogP contribution in [0.1, 0.15) is 30.9 Å². The summed E-state index contributed by atoms with van der Waals surface area (Å²) in [6, 6.07) is 19.9. The molecule has 1 saturated carbocycles. The van der Waals surface area contributed by atoms with Gasteiger partial charge in [0, 0.05) is 12.5 Å². The Kier molecular flexibility index (Phi) is 4.58. The minimum absolute atomic E-state index is 0.318. The molecule has 0 aromatic heterocycles. The molecule has 1 aliphatic rings. The summed E-state index contributed by atoms with van der Waals surface area (Å²) in [5.41, 5.74) is 3.80. The van der Waals surface area contributed by atoms with Gasteiger partial charge in [0.25, 0.3) is 0 Å². The van der Waals surface area contributed by atoms with Gasteiger partial charge in [0.1, 0.15) is 6.10 Å². The lowest BCUT2D eigenvalue weighted by atomic mass is 9.90. The third kappa shape index (κ3) is 3.35. The molecule has 2 atom stereocenters. The Balaban J connectivity index is 2.18. The number of hydrogen-bond acceptors (Lipinski definition) is 3. The maximum absolute atomic E-state index is 11.4. The van der Waals surface area contributed by atoms with Gasteiger partial charge in [0.15, 0.2) is 0 Å². The monoisotopic (exact) mass is 308 g/mol. The van der Waals surface area contributed by atoms with Crippen molar-refractivity contribution < 1.29 is 14.6 Å². The van der Waals surface area contributed by atoms with Gasteiger partial charge in [0.05, 0.1) is 6.10 Å². The summed E-state index contributed by atoms with van der Waals surface area (Å²) >= 11 is 0. The lowest BCUT2D eigenvalue weighted by molar-refractivity contribution is -0.144. The van der Waals surface area contributed by atoms with Crippen molar-refractivity contribution in [2.45, 2.75) is 32.0 Å². The molecule has 0 heterocycles. The number of carbonyl (C=O) groups is 1. The molecule has 3 rings (SSSR count). The van der Waals surface area contributed by atoms with Gasteiger partial charge in [-0.15, -0.1) is 0 Å². The fourth-order valence-corrected chi connectivity index (χ4v) is 3.19. The zero-order chi connectivity index (χ0) is 16.2. The second-order valence-corrected chi connectivity index (χ2v) is 5.75. The summed E-state index contributed by atoms with van der Waals surface area (Å²) in [5, 5.41) is 10.5. The zero-order valence-corrected chi connectivity index (χ0v) is 13.1. The van der Waals surface area contributed by atoms with E-state index in [1.54, 1.807) is 0 Å². The van der Waals surface area contributed by atoms with Gasteiger partial charge in [-0.25, -0.2) is 0 Å². The highest BCUT2D eigenvalue weighted by molar-refractivity contribution is 5.84. The molecule has 1 aliphatic carbocycles. The molecular weight excluding hydrogens is 288 g/mol. The molecule has 0 aliphatic heterocycles.